The van der Waals surface area contributed by atoms with Crippen molar-refractivity contribution in [3.63, 3.8) is 0 Å². The summed E-state index contributed by atoms with van der Waals surface area (Å²) in [6, 6.07) is 0. The predicted octanol–water partition coefficient (Wildman–Crippen LogP) is 1.42. The zero-order valence-electron chi connectivity index (χ0n) is 11.1. The lowest BCUT2D eigenvalue weighted by atomic mass is 10.00. The monoisotopic (exact) mass is 257 g/mol. The first-order valence-corrected chi connectivity index (χ1v) is 6.61. The van der Waals surface area contributed by atoms with Crippen LogP contribution in [0.2, 0.25) is 0 Å². The Balaban J connectivity index is 2.13. The molecular weight excluding hydrogens is 234 g/mol. The van der Waals surface area contributed by atoms with Gasteiger partial charge in [-0.3, -0.25) is 9.59 Å². The topological polar surface area (TPSA) is 75.6 Å². The number of carboxylic acids is 1. The predicted molar refractivity (Wildman–Crippen MR) is 67.2 cm³/mol. The second-order valence-electron chi connectivity index (χ2n) is 5.09. The fourth-order valence-corrected chi connectivity index (χ4v) is 2.16. The van der Waals surface area contributed by atoms with Crippen LogP contribution in [0.3, 0.4) is 0 Å². The Hall–Kier alpha value is -1.10. The van der Waals surface area contributed by atoms with E-state index in [2.05, 4.69) is 5.32 Å². The molecular formula is C13H23NO4. The van der Waals surface area contributed by atoms with Crippen LogP contribution < -0.4 is 5.32 Å². The van der Waals surface area contributed by atoms with E-state index in [9.17, 15) is 9.59 Å². The Morgan fingerprint density at radius 3 is 2.72 bits per heavy atom. The van der Waals surface area contributed by atoms with Gasteiger partial charge in [-0.2, -0.15) is 0 Å². The number of aliphatic carboxylic acids is 1. The van der Waals surface area contributed by atoms with Crippen LogP contribution in [0.25, 0.3) is 0 Å². The normalized spacial score (nSPS) is 24.8. The molecule has 1 saturated heterocycles. The number of hydrogen-bond acceptors (Lipinski definition) is 3. The van der Waals surface area contributed by atoms with Crippen molar-refractivity contribution < 1.29 is 19.4 Å². The standard InChI is InChI=1S/C13H23NO4/c1-9(3-4-12(15)16)5-7-14-13(17)11-6-8-18-10(11)2/h9-11H,3-8H2,1-2H3,(H,14,17)(H,15,16). The van der Waals surface area contributed by atoms with E-state index in [-0.39, 0.29) is 24.3 Å². The van der Waals surface area contributed by atoms with E-state index in [0.29, 0.717) is 25.5 Å². The fraction of sp³-hybridized carbons (Fsp3) is 0.846. The van der Waals surface area contributed by atoms with Crippen LogP contribution in [0.5, 0.6) is 0 Å². The minimum Gasteiger partial charge on any atom is -0.481 e. The van der Waals surface area contributed by atoms with Gasteiger partial charge in [0, 0.05) is 19.6 Å². The molecule has 3 atom stereocenters. The highest BCUT2D eigenvalue weighted by molar-refractivity contribution is 5.79. The Bertz CT molecular complexity index is 293. The lowest BCUT2D eigenvalue weighted by molar-refractivity contribution is -0.137. The second-order valence-corrected chi connectivity index (χ2v) is 5.09. The third-order valence-electron chi connectivity index (χ3n) is 3.50. The van der Waals surface area contributed by atoms with Crippen molar-refractivity contribution in [2.45, 2.75) is 45.6 Å². The third kappa shape index (κ3) is 5.04. The third-order valence-corrected chi connectivity index (χ3v) is 3.50. The molecule has 0 spiro atoms. The Morgan fingerprint density at radius 2 is 2.17 bits per heavy atom. The number of rotatable bonds is 7. The molecule has 1 aliphatic heterocycles. The summed E-state index contributed by atoms with van der Waals surface area (Å²) in [6.45, 7) is 5.21. The van der Waals surface area contributed by atoms with Crippen LogP contribution in [-0.2, 0) is 14.3 Å². The highest BCUT2D eigenvalue weighted by atomic mass is 16.5. The molecule has 18 heavy (non-hydrogen) atoms. The summed E-state index contributed by atoms with van der Waals surface area (Å²) in [6.07, 6.45) is 2.48. The maximum atomic E-state index is 11.8. The SMILES string of the molecule is CC(CCNC(=O)C1CCOC1C)CCC(=O)O. The van der Waals surface area contributed by atoms with Gasteiger partial charge in [-0.05, 0) is 32.1 Å². The molecule has 0 aromatic heterocycles. The number of nitrogens with one attached hydrogen (secondary N) is 1. The smallest absolute Gasteiger partial charge is 0.303 e. The van der Waals surface area contributed by atoms with Gasteiger partial charge in [0.25, 0.3) is 0 Å². The molecule has 0 aliphatic carbocycles. The Morgan fingerprint density at radius 1 is 1.44 bits per heavy atom. The van der Waals surface area contributed by atoms with Crippen molar-refractivity contribution in [1.82, 2.24) is 5.32 Å². The van der Waals surface area contributed by atoms with E-state index in [0.717, 1.165) is 12.8 Å². The van der Waals surface area contributed by atoms with E-state index in [1.54, 1.807) is 0 Å². The van der Waals surface area contributed by atoms with E-state index >= 15 is 0 Å². The maximum Gasteiger partial charge on any atom is 0.303 e. The molecule has 0 aromatic rings. The molecule has 0 radical (unpaired) electrons. The first kappa shape index (κ1) is 15.0. The molecule has 1 rings (SSSR count). The van der Waals surface area contributed by atoms with Crippen molar-refractivity contribution in [2.24, 2.45) is 11.8 Å². The van der Waals surface area contributed by atoms with E-state index in [1.165, 1.54) is 0 Å². The quantitative estimate of drug-likeness (QED) is 0.723. The first-order chi connectivity index (χ1) is 8.50. The number of carbonyl (C=O) groups is 2. The van der Waals surface area contributed by atoms with Crippen molar-refractivity contribution in [1.29, 1.82) is 0 Å². The molecule has 5 nitrogen and oxygen atoms in total. The molecule has 0 bridgehead atoms. The highest BCUT2D eigenvalue weighted by Crippen LogP contribution is 2.20. The van der Waals surface area contributed by atoms with Crippen molar-refractivity contribution in [2.75, 3.05) is 13.2 Å². The van der Waals surface area contributed by atoms with Crippen LogP contribution in [0.1, 0.15) is 39.5 Å². The molecule has 2 N–H and O–H groups in total. The van der Waals surface area contributed by atoms with E-state index in [1.807, 2.05) is 13.8 Å². The van der Waals surface area contributed by atoms with Crippen LogP contribution in [0.15, 0.2) is 0 Å². The van der Waals surface area contributed by atoms with Gasteiger partial charge in [0.15, 0.2) is 0 Å². The molecule has 1 aliphatic rings. The maximum absolute atomic E-state index is 11.8. The zero-order chi connectivity index (χ0) is 13.5. The van der Waals surface area contributed by atoms with Gasteiger partial charge in [0.1, 0.15) is 0 Å². The summed E-state index contributed by atoms with van der Waals surface area (Å²) in [5.41, 5.74) is 0. The van der Waals surface area contributed by atoms with Crippen molar-refractivity contribution in [3.05, 3.63) is 0 Å². The molecule has 0 saturated carbocycles. The van der Waals surface area contributed by atoms with Gasteiger partial charge in [0.05, 0.1) is 12.0 Å². The lowest BCUT2D eigenvalue weighted by Gasteiger charge is -2.15. The van der Waals surface area contributed by atoms with Crippen molar-refractivity contribution in [3.8, 4) is 0 Å². The Kier molecular flexibility index (Phi) is 6.12. The number of hydrogen-bond donors (Lipinski definition) is 2. The molecule has 5 heteroatoms. The van der Waals surface area contributed by atoms with Gasteiger partial charge in [-0.15, -0.1) is 0 Å². The van der Waals surface area contributed by atoms with Gasteiger partial charge in [-0.25, -0.2) is 0 Å². The van der Waals surface area contributed by atoms with E-state index in [4.69, 9.17) is 9.84 Å². The van der Waals surface area contributed by atoms with Gasteiger partial charge >= 0.3 is 5.97 Å². The summed E-state index contributed by atoms with van der Waals surface area (Å²) in [4.78, 5) is 22.2. The molecule has 0 aromatic carbocycles. The number of carbonyl (C=O) groups excluding carboxylic acids is 1. The zero-order valence-corrected chi connectivity index (χ0v) is 11.1. The first-order valence-electron chi connectivity index (χ1n) is 6.61. The van der Waals surface area contributed by atoms with Crippen LogP contribution >= 0.6 is 0 Å². The largest absolute Gasteiger partial charge is 0.481 e. The van der Waals surface area contributed by atoms with Crippen LogP contribution in [0.4, 0.5) is 0 Å². The lowest BCUT2D eigenvalue weighted by Crippen LogP contribution is -2.35. The van der Waals surface area contributed by atoms with Crippen LogP contribution in [0, 0.1) is 11.8 Å². The van der Waals surface area contributed by atoms with Crippen LogP contribution in [-0.4, -0.2) is 36.2 Å². The molecule has 1 fully saturated rings. The summed E-state index contributed by atoms with van der Waals surface area (Å²) >= 11 is 0. The minimum absolute atomic E-state index is 0.00874. The second kappa shape index (κ2) is 7.36. The summed E-state index contributed by atoms with van der Waals surface area (Å²) < 4.78 is 5.35. The van der Waals surface area contributed by atoms with Gasteiger partial charge in [-0.1, -0.05) is 6.92 Å². The Labute approximate surface area is 108 Å². The minimum atomic E-state index is -0.761. The average molecular weight is 257 g/mol. The summed E-state index contributed by atoms with van der Waals surface area (Å²) in [5.74, 6) is -0.411. The summed E-state index contributed by atoms with van der Waals surface area (Å²) in [7, 11) is 0. The number of ether oxygens (including phenoxy) is 1. The van der Waals surface area contributed by atoms with Gasteiger partial charge < -0.3 is 15.2 Å². The number of amides is 1. The molecule has 1 heterocycles. The molecule has 1 amide bonds. The molecule has 104 valence electrons. The molecule has 3 unspecified atom stereocenters. The number of carboxylic acid groups (broad SMARTS) is 1. The average Bonchev–Trinajstić information content (AvgIpc) is 2.72. The van der Waals surface area contributed by atoms with Gasteiger partial charge in [0.2, 0.25) is 5.91 Å². The highest BCUT2D eigenvalue weighted by Gasteiger charge is 2.30. The summed E-state index contributed by atoms with van der Waals surface area (Å²) in [5, 5.41) is 11.5. The van der Waals surface area contributed by atoms with E-state index < -0.39 is 5.97 Å². The van der Waals surface area contributed by atoms with Crippen molar-refractivity contribution >= 4 is 11.9 Å². The fourth-order valence-electron chi connectivity index (χ4n) is 2.16.